The molecule has 1 saturated carbocycles. The molecule has 2 atom stereocenters. The second-order valence-corrected chi connectivity index (χ2v) is 5.65. The first-order valence-electron chi connectivity index (χ1n) is 7.39. The first-order chi connectivity index (χ1) is 11.5. The highest BCUT2D eigenvalue weighted by Crippen LogP contribution is 2.27. The molecule has 1 aromatic carbocycles. The average molecular weight is 336 g/mol. The van der Waals surface area contributed by atoms with Crippen LogP contribution in [0.4, 0.5) is 8.78 Å². The third-order valence-electron chi connectivity index (χ3n) is 4.03. The number of carbonyl (C=O) groups is 2. The van der Waals surface area contributed by atoms with Crippen LogP contribution in [-0.2, 0) is 4.79 Å². The number of carboxylic acid groups (broad SMARTS) is 1. The van der Waals surface area contributed by atoms with E-state index in [4.69, 9.17) is 9.52 Å². The van der Waals surface area contributed by atoms with Crippen LogP contribution >= 0.6 is 0 Å². The van der Waals surface area contributed by atoms with E-state index < -0.39 is 35.0 Å². The molecule has 126 valence electrons. The fourth-order valence-electron chi connectivity index (χ4n) is 2.79. The molecule has 1 aromatic heterocycles. The quantitative estimate of drug-likeness (QED) is 0.895. The minimum Gasteiger partial charge on any atom is -0.481 e. The lowest BCUT2D eigenvalue weighted by Gasteiger charge is -2.10. The second-order valence-electron chi connectivity index (χ2n) is 5.65. The Labute approximate surface area is 135 Å². The van der Waals surface area contributed by atoms with Gasteiger partial charge < -0.3 is 14.8 Å². The van der Waals surface area contributed by atoms with Crippen LogP contribution < -0.4 is 5.32 Å². The molecule has 0 saturated heterocycles. The van der Waals surface area contributed by atoms with Crippen LogP contribution in [0, 0.1) is 17.6 Å². The van der Waals surface area contributed by atoms with E-state index in [-0.39, 0.29) is 17.6 Å². The number of oxazole rings is 1. The molecule has 2 N–H and O–H groups in total. The topological polar surface area (TPSA) is 92.4 Å². The van der Waals surface area contributed by atoms with Gasteiger partial charge in [-0.2, -0.15) is 0 Å². The van der Waals surface area contributed by atoms with Gasteiger partial charge in [-0.15, -0.1) is 0 Å². The Bertz CT molecular complexity index is 770. The maximum atomic E-state index is 13.7. The van der Waals surface area contributed by atoms with Gasteiger partial charge in [0.25, 0.3) is 5.91 Å². The molecule has 8 heteroatoms. The molecular weight excluding hydrogens is 322 g/mol. The number of hydrogen-bond acceptors (Lipinski definition) is 4. The average Bonchev–Trinajstić information content (AvgIpc) is 3.16. The minimum absolute atomic E-state index is 0.119. The van der Waals surface area contributed by atoms with Crippen molar-refractivity contribution in [3.63, 3.8) is 0 Å². The van der Waals surface area contributed by atoms with E-state index in [9.17, 15) is 18.4 Å². The van der Waals surface area contributed by atoms with Crippen molar-refractivity contribution in [2.24, 2.45) is 5.92 Å². The van der Waals surface area contributed by atoms with Crippen LogP contribution in [0.1, 0.15) is 29.8 Å². The fourth-order valence-corrected chi connectivity index (χ4v) is 2.79. The molecule has 0 radical (unpaired) electrons. The van der Waals surface area contributed by atoms with Gasteiger partial charge in [-0.05, 0) is 31.4 Å². The molecule has 0 aliphatic heterocycles. The van der Waals surface area contributed by atoms with Gasteiger partial charge in [0, 0.05) is 6.04 Å². The molecule has 1 aliphatic rings. The van der Waals surface area contributed by atoms with Crippen molar-refractivity contribution < 1.29 is 27.9 Å². The SMILES string of the molecule is O=C(N[C@H]1CC[C@@H](C(=O)O)C1)c1coc(-c2c(F)cccc2F)n1. The number of aromatic nitrogens is 1. The van der Waals surface area contributed by atoms with E-state index in [1.54, 1.807) is 0 Å². The van der Waals surface area contributed by atoms with Crippen LogP contribution in [0.3, 0.4) is 0 Å². The number of hydrogen-bond donors (Lipinski definition) is 2. The van der Waals surface area contributed by atoms with Crippen molar-refractivity contribution in [1.82, 2.24) is 10.3 Å². The van der Waals surface area contributed by atoms with Gasteiger partial charge in [0.15, 0.2) is 5.69 Å². The minimum atomic E-state index is -0.884. The normalized spacial score (nSPS) is 20.1. The third kappa shape index (κ3) is 3.12. The lowest BCUT2D eigenvalue weighted by atomic mass is 10.1. The molecule has 1 fully saturated rings. The van der Waals surface area contributed by atoms with Gasteiger partial charge in [0.05, 0.1) is 5.92 Å². The number of carboxylic acids is 1. The zero-order valence-electron chi connectivity index (χ0n) is 12.5. The van der Waals surface area contributed by atoms with Gasteiger partial charge in [0.1, 0.15) is 23.5 Å². The van der Waals surface area contributed by atoms with Gasteiger partial charge in [-0.25, -0.2) is 13.8 Å². The molecule has 1 heterocycles. The van der Waals surface area contributed by atoms with Crippen LogP contribution in [0.25, 0.3) is 11.5 Å². The standard InChI is InChI=1S/C16H14F2N2O4/c17-10-2-1-3-11(18)13(10)15-20-12(7-24-15)14(21)19-9-5-4-8(6-9)16(22)23/h1-3,7-9H,4-6H2,(H,19,21)(H,22,23)/t8-,9+/m1/s1. The maximum absolute atomic E-state index is 13.7. The summed E-state index contributed by atoms with van der Waals surface area (Å²) in [6.07, 6.45) is 2.40. The number of amides is 1. The highest BCUT2D eigenvalue weighted by Gasteiger charge is 2.31. The lowest BCUT2D eigenvalue weighted by molar-refractivity contribution is -0.141. The zero-order valence-corrected chi connectivity index (χ0v) is 12.5. The van der Waals surface area contributed by atoms with E-state index >= 15 is 0 Å². The monoisotopic (exact) mass is 336 g/mol. The highest BCUT2D eigenvalue weighted by atomic mass is 19.1. The Balaban J connectivity index is 1.72. The third-order valence-corrected chi connectivity index (χ3v) is 4.03. The van der Waals surface area contributed by atoms with Crippen molar-refractivity contribution in [1.29, 1.82) is 0 Å². The molecule has 2 aromatic rings. The summed E-state index contributed by atoms with van der Waals surface area (Å²) in [5, 5.41) is 11.6. The van der Waals surface area contributed by atoms with Crippen molar-refractivity contribution in [3.05, 3.63) is 41.8 Å². The number of halogens is 2. The Morgan fingerprint density at radius 3 is 2.58 bits per heavy atom. The maximum Gasteiger partial charge on any atom is 0.306 e. The molecule has 6 nitrogen and oxygen atoms in total. The smallest absolute Gasteiger partial charge is 0.306 e. The van der Waals surface area contributed by atoms with Crippen LogP contribution in [-0.4, -0.2) is 28.0 Å². The van der Waals surface area contributed by atoms with Gasteiger partial charge >= 0.3 is 5.97 Å². The summed E-state index contributed by atoms with van der Waals surface area (Å²) < 4.78 is 32.4. The Morgan fingerprint density at radius 1 is 1.25 bits per heavy atom. The molecule has 3 rings (SSSR count). The van der Waals surface area contributed by atoms with Crippen LogP contribution in [0.5, 0.6) is 0 Å². The van der Waals surface area contributed by atoms with Gasteiger partial charge in [-0.3, -0.25) is 9.59 Å². The van der Waals surface area contributed by atoms with Crippen molar-refractivity contribution in [2.45, 2.75) is 25.3 Å². The zero-order chi connectivity index (χ0) is 17.3. The van der Waals surface area contributed by atoms with Crippen molar-refractivity contribution in [2.75, 3.05) is 0 Å². The molecule has 24 heavy (non-hydrogen) atoms. The number of benzene rings is 1. The molecule has 1 amide bonds. The van der Waals surface area contributed by atoms with Crippen molar-refractivity contribution >= 4 is 11.9 Å². The summed E-state index contributed by atoms with van der Waals surface area (Å²) in [7, 11) is 0. The molecule has 0 spiro atoms. The number of nitrogens with one attached hydrogen (secondary N) is 1. The van der Waals surface area contributed by atoms with E-state index in [0.717, 1.165) is 18.4 Å². The number of nitrogens with zero attached hydrogens (tertiary/aromatic N) is 1. The lowest BCUT2D eigenvalue weighted by Crippen LogP contribution is -2.33. The van der Waals surface area contributed by atoms with E-state index in [1.165, 1.54) is 6.07 Å². The summed E-state index contributed by atoms with van der Waals surface area (Å²) in [6.45, 7) is 0. The molecule has 0 unspecified atom stereocenters. The van der Waals surface area contributed by atoms with Gasteiger partial charge in [0.2, 0.25) is 5.89 Å². The fraction of sp³-hybridized carbons (Fsp3) is 0.312. The predicted octanol–water partition coefficient (Wildman–Crippen LogP) is 2.60. The van der Waals surface area contributed by atoms with Crippen LogP contribution in [0.15, 0.2) is 28.9 Å². The predicted molar refractivity (Wildman–Crippen MR) is 78.1 cm³/mol. The van der Waals surface area contributed by atoms with E-state index in [0.29, 0.717) is 19.3 Å². The largest absolute Gasteiger partial charge is 0.481 e. The van der Waals surface area contributed by atoms with Crippen molar-refractivity contribution in [3.8, 4) is 11.5 Å². The number of aliphatic carboxylic acids is 1. The van der Waals surface area contributed by atoms with Gasteiger partial charge in [-0.1, -0.05) is 6.07 Å². The molecular formula is C16H14F2N2O4. The Hall–Kier alpha value is -2.77. The van der Waals surface area contributed by atoms with E-state index in [1.807, 2.05) is 0 Å². The molecule has 1 aliphatic carbocycles. The van der Waals surface area contributed by atoms with E-state index in [2.05, 4.69) is 10.3 Å². The summed E-state index contributed by atoms with van der Waals surface area (Å²) in [6, 6.07) is 3.06. The Morgan fingerprint density at radius 2 is 1.96 bits per heavy atom. The first-order valence-corrected chi connectivity index (χ1v) is 7.39. The summed E-state index contributed by atoms with van der Waals surface area (Å²) in [5.74, 6) is -3.95. The first kappa shape index (κ1) is 16.1. The molecule has 0 bridgehead atoms. The number of carbonyl (C=O) groups excluding carboxylic acids is 1. The summed E-state index contributed by atoms with van der Waals surface area (Å²) >= 11 is 0. The van der Waals surface area contributed by atoms with Crippen LogP contribution in [0.2, 0.25) is 0 Å². The highest BCUT2D eigenvalue weighted by molar-refractivity contribution is 5.92. The Kier molecular flexibility index (Phi) is 4.28. The number of rotatable bonds is 4. The summed E-state index contributed by atoms with van der Waals surface area (Å²) in [4.78, 5) is 26.9. The second kappa shape index (κ2) is 6.38. The summed E-state index contributed by atoms with van der Waals surface area (Å²) in [5.41, 5.74) is -0.560.